The van der Waals surface area contributed by atoms with Crippen LogP contribution in [0.15, 0.2) is 0 Å². The van der Waals surface area contributed by atoms with Gasteiger partial charge < -0.3 is 22.5 Å². The molecule has 0 aromatic heterocycles. The fourth-order valence-electron chi connectivity index (χ4n) is 0.855. The Kier molecular flexibility index (Phi) is 5.62. The third kappa shape index (κ3) is 7.07. The van der Waals surface area contributed by atoms with Crippen molar-refractivity contribution in [2.75, 3.05) is 6.54 Å². The molecule has 1 atom stereocenters. The topological polar surface area (TPSA) is 131 Å². The lowest BCUT2D eigenvalue weighted by Gasteiger charge is -2.07. The molecule has 0 radical (unpaired) electrons. The summed E-state index contributed by atoms with van der Waals surface area (Å²) >= 11 is 0. The molecule has 6 nitrogen and oxygen atoms in total. The van der Waals surface area contributed by atoms with Crippen molar-refractivity contribution in [3.63, 3.8) is 0 Å². The molecule has 0 fully saturated rings. The van der Waals surface area contributed by atoms with Gasteiger partial charge in [-0.15, -0.1) is 0 Å². The van der Waals surface area contributed by atoms with Gasteiger partial charge in [0.25, 0.3) is 0 Å². The lowest BCUT2D eigenvalue weighted by atomic mass is 10.1. The molecule has 0 aromatic carbocycles. The van der Waals surface area contributed by atoms with Gasteiger partial charge in [0.15, 0.2) is 5.96 Å². The minimum Gasteiger partial charge on any atom is -0.370 e. The molecule has 0 saturated heterocycles. The zero-order valence-electron chi connectivity index (χ0n) is 7.55. The third-order valence-corrected chi connectivity index (χ3v) is 1.62. The lowest BCUT2D eigenvalue weighted by Crippen LogP contribution is -2.36. The van der Waals surface area contributed by atoms with E-state index in [1.54, 1.807) is 0 Å². The van der Waals surface area contributed by atoms with Crippen LogP contribution in [-0.4, -0.2) is 24.5 Å². The maximum Gasteiger partial charge on any atom is 0.234 e. The summed E-state index contributed by atoms with van der Waals surface area (Å²) < 4.78 is 0. The normalized spacial score (nSPS) is 12.1. The number of unbranched alkanes of at least 4 members (excludes halogenated alkanes) is 1. The first-order valence-corrected chi connectivity index (χ1v) is 4.17. The molecule has 76 valence electrons. The quantitative estimate of drug-likeness (QED) is 0.196. The first-order chi connectivity index (χ1) is 6.04. The second-order valence-corrected chi connectivity index (χ2v) is 2.85. The fourth-order valence-corrected chi connectivity index (χ4v) is 0.855. The van der Waals surface area contributed by atoms with Gasteiger partial charge >= 0.3 is 0 Å². The SMILES string of the molecule is N=C(N)NCCCCC(N)C(N)=O. The summed E-state index contributed by atoms with van der Waals surface area (Å²) in [4.78, 5) is 10.5. The standard InChI is InChI=1S/C7H17N5O/c8-5(6(9)13)3-1-2-4-12-7(10)11/h5H,1-4,8H2,(H2,9,13)(H4,10,11,12). The summed E-state index contributed by atoms with van der Waals surface area (Å²) in [7, 11) is 0. The first-order valence-electron chi connectivity index (χ1n) is 4.17. The lowest BCUT2D eigenvalue weighted by molar-refractivity contribution is -0.119. The number of hydrogen-bond acceptors (Lipinski definition) is 3. The molecule has 0 aliphatic carbocycles. The number of hydrogen-bond donors (Lipinski definition) is 5. The fraction of sp³-hybridized carbons (Fsp3) is 0.714. The highest BCUT2D eigenvalue weighted by molar-refractivity contribution is 5.79. The molecule has 0 heterocycles. The highest BCUT2D eigenvalue weighted by Crippen LogP contribution is 1.97. The summed E-state index contributed by atoms with van der Waals surface area (Å²) in [5.41, 5.74) is 15.4. The summed E-state index contributed by atoms with van der Waals surface area (Å²) in [6, 6.07) is -0.558. The molecule has 13 heavy (non-hydrogen) atoms. The van der Waals surface area contributed by atoms with Crippen molar-refractivity contribution in [2.24, 2.45) is 17.2 Å². The molecule has 0 aliphatic heterocycles. The highest BCUT2D eigenvalue weighted by atomic mass is 16.1. The van der Waals surface area contributed by atoms with Crippen LogP contribution in [0.5, 0.6) is 0 Å². The van der Waals surface area contributed by atoms with Crippen LogP contribution in [0.4, 0.5) is 0 Å². The van der Waals surface area contributed by atoms with Gasteiger partial charge in [0.05, 0.1) is 6.04 Å². The van der Waals surface area contributed by atoms with Gasteiger partial charge in [0.2, 0.25) is 5.91 Å². The molecule has 1 unspecified atom stereocenters. The largest absolute Gasteiger partial charge is 0.370 e. The zero-order valence-corrected chi connectivity index (χ0v) is 7.55. The molecule has 0 rings (SSSR count). The van der Waals surface area contributed by atoms with Crippen molar-refractivity contribution < 1.29 is 4.79 Å². The Morgan fingerprint density at radius 1 is 1.38 bits per heavy atom. The summed E-state index contributed by atoms with van der Waals surface area (Å²) in [5.74, 6) is -0.515. The van der Waals surface area contributed by atoms with E-state index >= 15 is 0 Å². The Morgan fingerprint density at radius 2 is 2.00 bits per heavy atom. The van der Waals surface area contributed by atoms with Crippen LogP contribution in [0.25, 0.3) is 0 Å². The van der Waals surface area contributed by atoms with Crippen LogP contribution in [0.1, 0.15) is 19.3 Å². The van der Waals surface area contributed by atoms with E-state index in [9.17, 15) is 4.79 Å². The summed E-state index contributed by atoms with van der Waals surface area (Å²) in [5, 5.41) is 9.50. The predicted octanol–water partition coefficient (Wildman–Crippen LogP) is -1.55. The van der Waals surface area contributed by atoms with E-state index in [-0.39, 0.29) is 5.96 Å². The second kappa shape index (κ2) is 6.24. The Labute approximate surface area is 77.3 Å². The van der Waals surface area contributed by atoms with E-state index < -0.39 is 11.9 Å². The minimum atomic E-state index is -0.558. The van der Waals surface area contributed by atoms with E-state index in [2.05, 4.69) is 5.32 Å². The van der Waals surface area contributed by atoms with Crippen molar-refractivity contribution in [3.05, 3.63) is 0 Å². The Hall–Kier alpha value is -1.30. The number of primary amides is 1. The van der Waals surface area contributed by atoms with Gasteiger partial charge in [-0.1, -0.05) is 0 Å². The van der Waals surface area contributed by atoms with Crippen LogP contribution in [0.3, 0.4) is 0 Å². The number of carbonyl (C=O) groups excluding carboxylic acids is 1. The number of nitrogens with one attached hydrogen (secondary N) is 2. The predicted molar refractivity (Wildman–Crippen MR) is 50.9 cm³/mol. The van der Waals surface area contributed by atoms with E-state index in [4.69, 9.17) is 22.6 Å². The van der Waals surface area contributed by atoms with Crippen molar-refractivity contribution in [2.45, 2.75) is 25.3 Å². The molecule has 0 aromatic rings. The molecule has 0 spiro atoms. The maximum atomic E-state index is 10.5. The Morgan fingerprint density at radius 3 is 2.46 bits per heavy atom. The molecular formula is C7H17N5O. The Balaban J connectivity index is 3.26. The van der Waals surface area contributed by atoms with Crippen LogP contribution in [-0.2, 0) is 4.79 Å². The number of amides is 1. The van der Waals surface area contributed by atoms with Gasteiger partial charge in [-0.3, -0.25) is 10.2 Å². The zero-order chi connectivity index (χ0) is 10.3. The summed E-state index contributed by atoms with van der Waals surface area (Å²) in [6.07, 6.45) is 2.19. The van der Waals surface area contributed by atoms with Crippen molar-refractivity contribution in [1.29, 1.82) is 5.41 Å². The van der Waals surface area contributed by atoms with Crippen LogP contribution >= 0.6 is 0 Å². The molecule has 0 aliphatic rings. The second-order valence-electron chi connectivity index (χ2n) is 2.85. The van der Waals surface area contributed by atoms with Gasteiger partial charge in [0, 0.05) is 6.54 Å². The van der Waals surface area contributed by atoms with E-state index in [0.717, 1.165) is 12.8 Å². The van der Waals surface area contributed by atoms with Gasteiger partial charge in [-0.25, -0.2) is 0 Å². The molecule has 8 N–H and O–H groups in total. The number of carbonyl (C=O) groups is 1. The number of rotatable bonds is 6. The first kappa shape index (κ1) is 11.7. The van der Waals surface area contributed by atoms with Crippen molar-refractivity contribution >= 4 is 11.9 Å². The van der Waals surface area contributed by atoms with Gasteiger partial charge in [-0.05, 0) is 19.3 Å². The number of guanidine groups is 1. The third-order valence-electron chi connectivity index (χ3n) is 1.62. The molecular weight excluding hydrogens is 170 g/mol. The van der Waals surface area contributed by atoms with Crippen molar-refractivity contribution in [1.82, 2.24) is 5.32 Å². The average molecular weight is 187 g/mol. The smallest absolute Gasteiger partial charge is 0.234 e. The Bertz CT molecular complexity index is 182. The monoisotopic (exact) mass is 187 g/mol. The van der Waals surface area contributed by atoms with Gasteiger partial charge in [0.1, 0.15) is 0 Å². The maximum absolute atomic E-state index is 10.5. The van der Waals surface area contributed by atoms with E-state index in [1.807, 2.05) is 0 Å². The van der Waals surface area contributed by atoms with Crippen LogP contribution in [0, 0.1) is 5.41 Å². The molecule has 0 saturated carbocycles. The van der Waals surface area contributed by atoms with Crippen LogP contribution in [0.2, 0.25) is 0 Å². The van der Waals surface area contributed by atoms with E-state index in [1.165, 1.54) is 0 Å². The minimum absolute atomic E-state index is 0.0424. The van der Waals surface area contributed by atoms with Gasteiger partial charge in [-0.2, -0.15) is 0 Å². The van der Waals surface area contributed by atoms with Crippen LogP contribution < -0.4 is 22.5 Å². The highest BCUT2D eigenvalue weighted by Gasteiger charge is 2.07. The molecule has 1 amide bonds. The number of nitrogens with two attached hydrogens (primary N) is 3. The average Bonchev–Trinajstić information content (AvgIpc) is 2.02. The van der Waals surface area contributed by atoms with Crippen molar-refractivity contribution in [3.8, 4) is 0 Å². The summed E-state index contributed by atoms with van der Waals surface area (Å²) in [6.45, 7) is 0.626. The van der Waals surface area contributed by atoms with E-state index in [0.29, 0.717) is 13.0 Å². The molecule has 6 heteroatoms. The molecule has 0 bridgehead atoms.